The van der Waals surface area contributed by atoms with Gasteiger partial charge in [-0.1, -0.05) is 0 Å². The highest BCUT2D eigenvalue weighted by Crippen LogP contribution is 2.38. The van der Waals surface area contributed by atoms with Crippen LogP contribution in [0.2, 0.25) is 0 Å². The van der Waals surface area contributed by atoms with Gasteiger partial charge in [0.1, 0.15) is 23.7 Å². The molecule has 6 nitrogen and oxygen atoms in total. The highest BCUT2D eigenvalue weighted by Gasteiger charge is 2.39. The zero-order valence-electron chi connectivity index (χ0n) is 14.7. The molecule has 0 bridgehead atoms. The van der Waals surface area contributed by atoms with E-state index in [9.17, 15) is 22.4 Å². The number of nitrogens with zero attached hydrogens (tertiary/aromatic N) is 3. The first-order valence-corrected chi connectivity index (χ1v) is 8.15. The van der Waals surface area contributed by atoms with E-state index in [0.717, 1.165) is 6.20 Å². The second-order valence-electron chi connectivity index (χ2n) is 6.51. The molecule has 0 fully saturated rings. The van der Waals surface area contributed by atoms with Crippen LogP contribution >= 0.6 is 0 Å². The molecule has 1 aliphatic heterocycles. The Kier molecular flexibility index (Phi) is 5.09. The van der Waals surface area contributed by atoms with Crippen molar-refractivity contribution < 1.29 is 22.3 Å². The number of H-pyrrole nitrogens is 1. The lowest BCUT2D eigenvalue weighted by molar-refractivity contribution is -0.138. The SMILES string of the molecule is CN(C)CCOc1cc(F)c2c(c1)CN(c1cn[nH]c(=O)c1C(F)(F)F)C2. The minimum Gasteiger partial charge on any atom is -0.492 e. The lowest BCUT2D eigenvalue weighted by Crippen LogP contribution is -2.28. The summed E-state index contributed by atoms with van der Waals surface area (Å²) >= 11 is 0. The van der Waals surface area contributed by atoms with Gasteiger partial charge in [-0.05, 0) is 25.7 Å². The van der Waals surface area contributed by atoms with E-state index in [1.54, 1.807) is 11.2 Å². The summed E-state index contributed by atoms with van der Waals surface area (Å²) in [6.07, 6.45) is -3.91. The van der Waals surface area contributed by atoms with Gasteiger partial charge in [0.25, 0.3) is 5.56 Å². The predicted molar refractivity (Wildman–Crippen MR) is 90.2 cm³/mol. The molecule has 2 aromatic rings. The van der Waals surface area contributed by atoms with Gasteiger partial charge in [-0.15, -0.1) is 0 Å². The van der Waals surface area contributed by atoms with Gasteiger partial charge in [0.05, 0.1) is 11.9 Å². The van der Waals surface area contributed by atoms with E-state index < -0.39 is 23.1 Å². The number of nitrogens with one attached hydrogen (secondary N) is 1. The molecule has 2 heterocycles. The van der Waals surface area contributed by atoms with E-state index in [1.807, 2.05) is 19.0 Å². The van der Waals surface area contributed by atoms with Crippen molar-refractivity contribution >= 4 is 5.69 Å². The summed E-state index contributed by atoms with van der Waals surface area (Å²) in [6.45, 7) is 0.919. The Hall–Kier alpha value is -2.62. The normalized spacial score (nSPS) is 14.0. The summed E-state index contributed by atoms with van der Waals surface area (Å²) in [5.74, 6) is -0.240. The van der Waals surface area contributed by atoms with Crippen molar-refractivity contribution in [1.82, 2.24) is 15.1 Å². The number of anilines is 1. The maximum absolute atomic E-state index is 14.4. The van der Waals surface area contributed by atoms with Crippen molar-refractivity contribution in [2.45, 2.75) is 19.3 Å². The fraction of sp³-hybridized carbons (Fsp3) is 0.412. The first-order chi connectivity index (χ1) is 12.7. The largest absolute Gasteiger partial charge is 0.492 e. The number of hydrogen-bond donors (Lipinski definition) is 1. The molecule has 146 valence electrons. The molecule has 27 heavy (non-hydrogen) atoms. The first kappa shape index (κ1) is 19.2. The molecule has 0 saturated carbocycles. The lowest BCUT2D eigenvalue weighted by atomic mass is 10.1. The number of rotatable bonds is 5. The quantitative estimate of drug-likeness (QED) is 0.800. The number of hydrogen-bond acceptors (Lipinski definition) is 5. The minimum absolute atomic E-state index is 0.0192. The summed E-state index contributed by atoms with van der Waals surface area (Å²) in [5.41, 5.74) is -2.25. The molecule has 0 aliphatic carbocycles. The Morgan fingerprint density at radius 3 is 2.70 bits per heavy atom. The van der Waals surface area contributed by atoms with E-state index in [0.29, 0.717) is 24.5 Å². The van der Waals surface area contributed by atoms with Gasteiger partial charge in [0, 0.05) is 31.3 Å². The zero-order chi connectivity index (χ0) is 19.8. The van der Waals surface area contributed by atoms with Crippen LogP contribution < -0.4 is 15.2 Å². The van der Waals surface area contributed by atoms with E-state index in [1.165, 1.54) is 11.0 Å². The van der Waals surface area contributed by atoms with E-state index in [2.05, 4.69) is 5.10 Å². The maximum atomic E-state index is 14.4. The van der Waals surface area contributed by atoms with Crippen LogP contribution in [0.4, 0.5) is 23.2 Å². The molecule has 1 N–H and O–H groups in total. The second kappa shape index (κ2) is 7.18. The number of alkyl halides is 3. The van der Waals surface area contributed by atoms with E-state index in [-0.39, 0.29) is 24.3 Å². The van der Waals surface area contributed by atoms with Gasteiger partial charge in [-0.3, -0.25) is 4.79 Å². The molecule has 0 atom stereocenters. The number of likely N-dealkylation sites (N-methyl/N-ethyl adjacent to an activating group) is 1. The summed E-state index contributed by atoms with van der Waals surface area (Å²) < 4.78 is 59.7. The number of benzene rings is 1. The predicted octanol–water partition coefficient (Wildman–Crippen LogP) is 2.39. The molecule has 3 rings (SSSR count). The fourth-order valence-corrected chi connectivity index (χ4v) is 2.94. The van der Waals surface area contributed by atoms with Crippen LogP contribution in [-0.4, -0.2) is 42.3 Å². The van der Waals surface area contributed by atoms with Crippen molar-refractivity contribution in [3.63, 3.8) is 0 Å². The molecule has 1 aliphatic rings. The van der Waals surface area contributed by atoms with Crippen LogP contribution in [0.25, 0.3) is 0 Å². The average molecular weight is 386 g/mol. The van der Waals surface area contributed by atoms with E-state index in [4.69, 9.17) is 4.74 Å². The molecule has 1 aromatic carbocycles. The molecule has 0 saturated heterocycles. The topological polar surface area (TPSA) is 61.5 Å². The van der Waals surface area contributed by atoms with Gasteiger partial charge in [-0.25, -0.2) is 9.49 Å². The summed E-state index contributed by atoms with van der Waals surface area (Å²) in [4.78, 5) is 14.8. The Morgan fingerprint density at radius 1 is 1.30 bits per heavy atom. The van der Waals surface area contributed by atoms with Gasteiger partial charge in [0.2, 0.25) is 0 Å². The molecule has 0 radical (unpaired) electrons. The lowest BCUT2D eigenvalue weighted by Gasteiger charge is -2.21. The number of aromatic amines is 1. The maximum Gasteiger partial charge on any atom is 0.423 e. The third-order valence-electron chi connectivity index (χ3n) is 4.24. The van der Waals surface area contributed by atoms with Crippen molar-refractivity contribution in [3.8, 4) is 5.75 Å². The number of aromatic nitrogens is 2. The van der Waals surface area contributed by atoms with Crippen LogP contribution in [0.5, 0.6) is 5.75 Å². The molecule has 1 aromatic heterocycles. The Morgan fingerprint density at radius 2 is 2.04 bits per heavy atom. The van der Waals surface area contributed by atoms with Gasteiger partial charge in [-0.2, -0.15) is 18.3 Å². The molecule has 0 amide bonds. The van der Waals surface area contributed by atoms with Crippen molar-refractivity contribution in [2.75, 3.05) is 32.1 Å². The standard InChI is InChI=1S/C17H18F4N4O2/c1-24(2)3-4-27-11-5-10-8-25(9-12(10)13(18)6-11)14-7-22-23-16(26)15(14)17(19,20)21/h5-7H,3-4,8-9H2,1-2H3,(H,23,26). The van der Waals surface area contributed by atoms with Crippen molar-refractivity contribution in [3.05, 3.63) is 51.2 Å². The van der Waals surface area contributed by atoms with Crippen LogP contribution in [0, 0.1) is 5.82 Å². The van der Waals surface area contributed by atoms with Crippen molar-refractivity contribution in [1.29, 1.82) is 0 Å². The Balaban J connectivity index is 1.88. The zero-order valence-corrected chi connectivity index (χ0v) is 14.7. The van der Waals surface area contributed by atoms with Crippen LogP contribution in [0.15, 0.2) is 23.1 Å². The molecular weight excluding hydrogens is 368 g/mol. The Labute approximate surface area is 152 Å². The van der Waals surface area contributed by atoms with Gasteiger partial charge in [0.15, 0.2) is 0 Å². The summed E-state index contributed by atoms with van der Waals surface area (Å²) in [5, 5.41) is 5.25. The smallest absolute Gasteiger partial charge is 0.423 e. The minimum atomic E-state index is -4.85. The molecule has 10 heteroatoms. The molecule has 0 unspecified atom stereocenters. The van der Waals surface area contributed by atoms with Crippen molar-refractivity contribution in [2.24, 2.45) is 0 Å². The van der Waals surface area contributed by atoms with Crippen LogP contribution in [0.1, 0.15) is 16.7 Å². The highest BCUT2D eigenvalue weighted by atomic mass is 19.4. The Bertz CT molecular complexity index is 895. The van der Waals surface area contributed by atoms with Gasteiger partial charge >= 0.3 is 6.18 Å². The first-order valence-electron chi connectivity index (χ1n) is 8.15. The van der Waals surface area contributed by atoms with Gasteiger partial charge < -0.3 is 14.5 Å². The monoisotopic (exact) mass is 386 g/mol. The van der Waals surface area contributed by atoms with E-state index >= 15 is 0 Å². The molecule has 0 spiro atoms. The number of fused-ring (bicyclic) bond motifs is 1. The number of halogens is 4. The third kappa shape index (κ3) is 4.05. The molecular formula is C17H18F4N4O2. The fourth-order valence-electron chi connectivity index (χ4n) is 2.94. The number of ether oxygens (including phenoxy) is 1. The second-order valence-corrected chi connectivity index (χ2v) is 6.51. The summed E-state index contributed by atoms with van der Waals surface area (Å²) in [7, 11) is 3.75. The summed E-state index contributed by atoms with van der Waals surface area (Å²) in [6, 6.07) is 2.83. The van der Waals surface area contributed by atoms with Crippen LogP contribution in [0.3, 0.4) is 0 Å². The highest BCUT2D eigenvalue weighted by molar-refractivity contribution is 5.57. The third-order valence-corrected chi connectivity index (χ3v) is 4.24. The average Bonchev–Trinajstić information content (AvgIpc) is 2.97. The van der Waals surface area contributed by atoms with Crippen LogP contribution in [-0.2, 0) is 19.3 Å².